The van der Waals surface area contributed by atoms with E-state index in [0.29, 0.717) is 5.56 Å². The number of ketones is 1. The molecule has 2 amide bonds. The lowest BCUT2D eigenvalue weighted by atomic mass is 9.86. The van der Waals surface area contributed by atoms with Gasteiger partial charge in [-0.05, 0) is 42.8 Å². The van der Waals surface area contributed by atoms with E-state index >= 15 is 0 Å². The van der Waals surface area contributed by atoms with Crippen LogP contribution in [0.15, 0.2) is 59.7 Å². The topological polar surface area (TPSA) is 113 Å². The Morgan fingerprint density at radius 1 is 1.09 bits per heavy atom. The SMILES string of the molecule is Cc1ccc([N+](=O)[O-])cc1N1C(=O)[C@@H]2[C@@H](C1=O)[C@@H](C(=O)c1ccc(F)cc1)N1N=CC=C[C@H]21. The Balaban J connectivity index is 1.59. The second-order valence-corrected chi connectivity index (χ2v) is 8.13. The number of rotatable bonds is 4. The number of hydrogen-bond donors (Lipinski definition) is 0. The molecule has 2 fully saturated rings. The first-order valence-corrected chi connectivity index (χ1v) is 10.2. The van der Waals surface area contributed by atoms with E-state index < -0.39 is 52.3 Å². The quantitative estimate of drug-likeness (QED) is 0.308. The number of allylic oxidation sites excluding steroid dienone is 1. The number of Topliss-reactive ketones (excluding diaryl/α,β-unsaturated/α-hetero) is 1. The van der Waals surface area contributed by atoms with Gasteiger partial charge in [0.25, 0.3) is 5.69 Å². The molecule has 0 spiro atoms. The normalized spacial score (nSPS) is 25.4. The highest BCUT2D eigenvalue weighted by atomic mass is 19.1. The standard InChI is InChI=1S/C23H17FN4O5/c1-12-4-9-15(28(32)33)11-17(12)26-22(30)18-16-3-2-10-25-27(16)20(19(18)23(26)31)21(29)13-5-7-14(24)8-6-13/h2-11,16,18-20H,1H3/t16-,18+,19-,20+/m1/s1. The number of nitrogens with zero attached hydrogens (tertiary/aromatic N) is 4. The van der Waals surface area contributed by atoms with Crippen molar-refractivity contribution in [3.63, 3.8) is 0 Å². The molecule has 0 bridgehead atoms. The first kappa shape index (κ1) is 20.7. The van der Waals surface area contributed by atoms with Crippen LogP contribution in [-0.4, -0.2) is 45.8 Å². The molecule has 3 heterocycles. The molecule has 4 atom stereocenters. The molecule has 9 nitrogen and oxygen atoms in total. The van der Waals surface area contributed by atoms with Gasteiger partial charge in [-0.1, -0.05) is 12.1 Å². The summed E-state index contributed by atoms with van der Waals surface area (Å²) in [6, 6.07) is 7.21. The van der Waals surface area contributed by atoms with Crippen LogP contribution in [0.25, 0.3) is 0 Å². The summed E-state index contributed by atoms with van der Waals surface area (Å²) in [7, 11) is 0. The number of hydrogen-bond acceptors (Lipinski definition) is 7. The minimum atomic E-state index is -1.08. The predicted molar refractivity (Wildman–Crippen MR) is 115 cm³/mol. The van der Waals surface area contributed by atoms with Gasteiger partial charge in [0.1, 0.15) is 11.9 Å². The molecule has 5 rings (SSSR count). The smallest absolute Gasteiger partial charge is 0.271 e. The summed E-state index contributed by atoms with van der Waals surface area (Å²) in [5.41, 5.74) is 0.570. The van der Waals surface area contributed by atoms with Gasteiger partial charge in [-0.15, -0.1) is 0 Å². The number of benzene rings is 2. The Kier molecular flexibility index (Phi) is 4.66. The summed E-state index contributed by atoms with van der Waals surface area (Å²) < 4.78 is 13.4. The third-order valence-electron chi connectivity index (χ3n) is 6.33. The van der Waals surface area contributed by atoms with Crippen LogP contribution < -0.4 is 4.90 Å². The second kappa shape index (κ2) is 7.44. The number of aryl methyl sites for hydroxylation is 1. The maximum atomic E-state index is 13.6. The molecule has 0 unspecified atom stereocenters. The molecule has 166 valence electrons. The van der Waals surface area contributed by atoms with Crippen LogP contribution in [-0.2, 0) is 9.59 Å². The first-order valence-electron chi connectivity index (χ1n) is 10.2. The highest BCUT2D eigenvalue weighted by molar-refractivity contribution is 6.25. The van der Waals surface area contributed by atoms with E-state index in [9.17, 15) is 28.9 Å². The molecule has 0 saturated carbocycles. The van der Waals surface area contributed by atoms with Gasteiger partial charge in [0.2, 0.25) is 11.8 Å². The van der Waals surface area contributed by atoms with E-state index in [1.807, 2.05) is 0 Å². The second-order valence-electron chi connectivity index (χ2n) is 8.13. The Hall–Kier alpha value is -4.21. The van der Waals surface area contributed by atoms with E-state index in [1.54, 1.807) is 19.1 Å². The van der Waals surface area contributed by atoms with Crippen LogP contribution in [0.1, 0.15) is 15.9 Å². The fourth-order valence-corrected chi connectivity index (χ4v) is 4.81. The van der Waals surface area contributed by atoms with Crippen molar-refractivity contribution in [2.45, 2.75) is 19.0 Å². The number of carbonyl (C=O) groups excluding carboxylic acids is 3. The Labute approximate surface area is 186 Å². The van der Waals surface area contributed by atoms with E-state index in [2.05, 4.69) is 5.10 Å². The molecule has 0 aliphatic carbocycles. The summed E-state index contributed by atoms with van der Waals surface area (Å²) >= 11 is 0. The van der Waals surface area contributed by atoms with Crippen LogP contribution in [0.3, 0.4) is 0 Å². The molecule has 3 aliphatic rings. The molecule has 2 aromatic carbocycles. The average Bonchev–Trinajstić information content (AvgIpc) is 3.27. The van der Waals surface area contributed by atoms with Crippen LogP contribution in [0.5, 0.6) is 0 Å². The van der Waals surface area contributed by atoms with E-state index in [4.69, 9.17) is 0 Å². The summed E-state index contributed by atoms with van der Waals surface area (Å²) in [4.78, 5) is 52.1. The molecule has 0 N–H and O–H groups in total. The van der Waals surface area contributed by atoms with E-state index in [0.717, 1.165) is 17.0 Å². The molecular weight excluding hydrogens is 431 g/mol. The van der Waals surface area contributed by atoms with Gasteiger partial charge in [-0.3, -0.25) is 29.5 Å². The number of imide groups is 1. The van der Waals surface area contributed by atoms with Crippen molar-refractivity contribution in [3.8, 4) is 0 Å². The maximum absolute atomic E-state index is 13.6. The molecule has 0 radical (unpaired) electrons. The van der Waals surface area contributed by atoms with Gasteiger partial charge in [0.05, 0.1) is 28.5 Å². The summed E-state index contributed by atoms with van der Waals surface area (Å²) in [5, 5.41) is 17.0. The summed E-state index contributed by atoms with van der Waals surface area (Å²) in [6.07, 6.45) is 4.82. The Morgan fingerprint density at radius 3 is 2.48 bits per heavy atom. The average molecular weight is 448 g/mol. The fourth-order valence-electron chi connectivity index (χ4n) is 4.81. The Bertz CT molecular complexity index is 1270. The summed E-state index contributed by atoms with van der Waals surface area (Å²) in [5.74, 6) is -4.06. The molecular formula is C23H17FN4O5. The summed E-state index contributed by atoms with van der Waals surface area (Å²) in [6.45, 7) is 1.64. The molecule has 2 saturated heterocycles. The van der Waals surface area contributed by atoms with Crippen LogP contribution in [0.4, 0.5) is 15.8 Å². The van der Waals surface area contributed by atoms with Gasteiger partial charge < -0.3 is 0 Å². The third-order valence-corrected chi connectivity index (χ3v) is 6.33. The first-order chi connectivity index (χ1) is 15.8. The fraction of sp³-hybridized carbons (Fsp3) is 0.217. The lowest BCUT2D eigenvalue weighted by molar-refractivity contribution is -0.384. The van der Waals surface area contributed by atoms with Crippen molar-refractivity contribution >= 4 is 35.2 Å². The number of halogens is 1. The minimum absolute atomic E-state index is 0.122. The number of carbonyl (C=O) groups is 3. The van der Waals surface area contributed by atoms with E-state index in [1.165, 1.54) is 41.6 Å². The molecule has 3 aliphatic heterocycles. The van der Waals surface area contributed by atoms with Crippen molar-refractivity contribution in [2.75, 3.05) is 4.90 Å². The van der Waals surface area contributed by atoms with Gasteiger partial charge in [-0.25, -0.2) is 9.29 Å². The molecule has 2 aromatic rings. The largest absolute Gasteiger partial charge is 0.292 e. The number of fused-ring (bicyclic) bond motifs is 3. The van der Waals surface area contributed by atoms with Gasteiger partial charge in [0, 0.05) is 23.9 Å². The maximum Gasteiger partial charge on any atom is 0.271 e. The number of non-ortho nitro benzene ring substituents is 1. The number of hydrazone groups is 1. The number of nitro benzene ring substituents is 1. The monoisotopic (exact) mass is 448 g/mol. The van der Waals surface area contributed by atoms with Crippen molar-refractivity contribution < 1.29 is 23.7 Å². The van der Waals surface area contributed by atoms with Gasteiger partial charge in [0.15, 0.2) is 5.78 Å². The number of amides is 2. The van der Waals surface area contributed by atoms with E-state index in [-0.39, 0.29) is 16.9 Å². The molecule has 10 heteroatoms. The predicted octanol–water partition coefficient (Wildman–Crippen LogP) is 2.64. The highest BCUT2D eigenvalue weighted by Gasteiger charge is 2.64. The van der Waals surface area contributed by atoms with Crippen molar-refractivity contribution in [2.24, 2.45) is 16.9 Å². The lowest BCUT2D eigenvalue weighted by Crippen LogP contribution is -2.46. The van der Waals surface area contributed by atoms with Crippen LogP contribution in [0, 0.1) is 34.7 Å². The zero-order valence-electron chi connectivity index (χ0n) is 17.3. The number of anilines is 1. The lowest BCUT2D eigenvalue weighted by Gasteiger charge is -2.30. The van der Waals surface area contributed by atoms with Crippen molar-refractivity contribution in [1.29, 1.82) is 0 Å². The van der Waals surface area contributed by atoms with Crippen molar-refractivity contribution in [1.82, 2.24) is 5.01 Å². The van der Waals surface area contributed by atoms with Crippen LogP contribution in [0.2, 0.25) is 0 Å². The van der Waals surface area contributed by atoms with Crippen LogP contribution >= 0.6 is 0 Å². The Morgan fingerprint density at radius 2 is 1.79 bits per heavy atom. The number of nitro groups is 1. The van der Waals surface area contributed by atoms with Gasteiger partial charge in [-0.2, -0.15) is 5.10 Å². The van der Waals surface area contributed by atoms with Crippen molar-refractivity contribution in [3.05, 3.63) is 81.7 Å². The highest BCUT2D eigenvalue weighted by Crippen LogP contribution is 2.47. The molecule has 0 aromatic heterocycles. The van der Waals surface area contributed by atoms with Gasteiger partial charge >= 0.3 is 0 Å². The minimum Gasteiger partial charge on any atom is -0.292 e. The zero-order valence-corrected chi connectivity index (χ0v) is 17.3. The molecule has 33 heavy (non-hydrogen) atoms. The zero-order chi connectivity index (χ0) is 23.4. The third kappa shape index (κ3) is 3.05.